The Morgan fingerprint density at radius 3 is 2.48 bits per heavy atom. The van der Waals surface area contributed by atoms with E-state index in [1.807, 2.05) is 18.2 Å². The molecule has 156 valence electrons. The second-order valence-electron chi connectivity index (χ2n) is 8.52. The van der Waals surface area contributed by atoms with Gasteiger partial charge >= 0.3 is 0 Å². The van der Waals surface area contributed by atoms with E-state index in [1.54, 1.807) is 6.20 Å². The molecule has 0 bridgehead atoms. The predicted molar refractivity (Wildman–Crippen MR) is 116 cm³/mol. The predicted octanol–water partition coefficient (Wildman–Crippen LogP) is 3.43. The second-order valence-corrected chi connectivity index (χ2v) is 8.52. The molecular formula is C23H33N5O. The molecule has 2 fully saturated rings. The van der Waals surface area contributed by atoms with Crippen molar-refractivity contribution in [2.24, 2.45) is 5.92 Å². The lowest BCUT2D eigenvalue weighted by molar-refractivity contribution is -0.0720. The van der Waals surface area contributed by atoms with Crippen LogP contribution in [0.3, 0.4) is 0 Å². The van der Waals surface area contributed by atoms with Gasteiger partial charge in [-0.1, -0.05) is 13.0 Å². The van der Waals surface area contributed by atoms with Crippen molar-refractivity contribution in [3.8, 4) is 11.5 Å². The van der Waals surface area contributed by atoms with Gasteiger partial charge in [-0.25, -0.2) is 9.97 Å². The average Bonchev–Trinajstić information content (AvgIpc) is 2.74. The molecule has 0 aliphatic carbocycles. The summed E-state index contributed by atoms with van der Waals surface area (Å²) < 4.78 is 5.88. The molecule has 29 heavy (non-hydrogen) atoms. The maximum absolute atomic E-state index is 5.88. The molecule has 6 heteroatoms. The molecule has 0 aromatic carbocycles. The molecule has 2 saturated heterocycles. The number of aromatic nitrogens is 3. The highest BCUT2D eigenvalue weighted by atomic mass is 16.5. The molecular weight excluding hydrogens is 362 g/mol. The van der Waals surface area contributed by atoms with Crippen molar-refractivity contribution in [2.75, 3.05) is 37.6 Å². The number of rotatable bonds is 5. The summed E-state index contributed by atoms with van der Waals surface area (Å²) in [6, 6.07) is 8.05. The van der Waals surface area contributed by atoms with Crippen molar-refractivity contribution in [3.05, 3.63) is 36.2 Å². The number of hydrogen-bond donors (Lipinski definition) is 0. The van der Waals surface area contributed by atoms with Crippen LogP contribution in [0, 0.1) is 5.92 Å². The van der Waals surface area contributed by atoms with Gasteiger partial charge in [0.15, 0.2) is 5.82 Å². The van der Waals surface area contributed by atoms with Crippen molar-refractivity contribution in [2.45, 2.75) is 52.2 Å². The molecule has 4 heterocycles. The number of morpholine rings is 1. The van der Waals surface area contributed by atoms with Crippen molar-refractivity contribution in [3.63, 3.8) is 0 Å². The van der Waals surface area contributed by atoms with Gasteiger partial charge in [-0.2, -0.15) is 0 Å². The van der Waals surface area contributed by atoms with Crippen LogP contribution in [0.2, 0.25) is 0 Å². The lowest BCUT2D eigenvalue weighted by Gasteiger charge is -2.39. The maximum Gasteiger partial charge on any atom is 0.180 e. The first-order valence-corrected chi connectivity index (χ1v) is 11.0. The van der Waals surface area contributed by atoms with Crippen LogP contribution in [0.1, 0.15) is 39.3 Å². The molecule has 0 N–H and O–H groups in total. The molecule has 0 amide bonds. The summed E-state index contributed by atoms with van der Waals surface area (Å²) in [5.41, 5.74) is 1.92. The summed E-state index contributed by atoms with van der Waals surface area (Å²) in [5.74, 6) is 2.54. The average molecular weight is 396 g/mol. The smallest absolute Gasteiger partial charge is 0.180 e. The maximum atomic E-state index is 5.88. The normalized spacial score (nSPS) is 24.0. The van der Waals surface area contributed by atoms with E-state index in [9.17, 15) is 0 Å². The van der Waals surface area contributed by atoms with E-state index in [1.165, 1.54) is 19.4 Å². The molecule has 2 aliphatic heterocycles. The number of aryl methyl sites for hydroxylation is 1. The van der Waals surface area contributed by atoms with E-state index in [0.29, 0.717) is 12.2 Å². The molecule has 2 unspecified atom stereocenters. The van der Waals surface area contributed by atoms with Gasteiger partial charge in [-0.05, 0) is 51.2 Å². The van der Waals surface area contributed by atoms with E-state index in [-0.39, 0.29) is 0 Å². The molecule has 0 radical (unpaired) electrons. The summed E-state index contributed by atoms with van der Waals surface area (Å²) in [7, 11) is 0. The van der Waals surface area contributed by atoms with Gasteiger partial charge < -0.3 is 9.64 Å². The Morgan fingerprint density at radius 1 is 1.07 bits per heavy atom. The molecule has 0 saturated carbocycles. The largest absolute Gasteiger partial charge is 0.373 e. The zero-order valence-corrected chi connectivity index (χ0v) is 17.9. The zero-order chi connectivity index (χ0) is 20.2. The van der Waals surface area contributed by atoms with Crippen LogP contribution in [0.5, 0.6) is 0 Å². The number of pyridine rings is 1. The fourth-order valence-corrected chi connectivity index (χ4v) is 4.58. The third-order valence-electron chi connectivity index (χ3n) is 5.97. The topological polar surface area (TPSA) is 54.4 Å². The number of piperidine rings is 1. The Hall–Kier alpha value is -2.05. The van der Waals surface area contributed by atoms with Crippen LogP contribution in [0.4, 0.5) is 5.82 Å². The Balaban J connectivity index is 1.40. The van der Waals surface area contributed by atoms with Crippen LogP contribution in [-0.2, 0) is 11.2 Å². The van der Waals surface area contributed by atoms with Gasteiger partial charge in [0.25, 0.3) is 0 Å². The zero-order valence-electron chi connectivity index (χ0n) is 17.9. The van der Waals surface area contributed by atoms with Gasteiger partial charge in [-0.3, -0.25) is 9.88 Å². The van der Waals surface area contributed by atoms with Gasteiger partial charge in [0.1, 0.15) is 11.5 Å². The molecule has 2 atom stereocenters. The van der Waals surface area contributed by atoms with E-state index >= 15 is 0 Å². The second kappa shape index (κ2) is 9.18. The third kappa shape index (κ3) is 5.11. The summed E-state index contributed by atoms with van der Waals surface area (Å²) in [6.45, 7) is 11.9. The van der Waals surface area contributed by atoms with E-state index in [2.05, 4.69) is 41.6 Å². The first-order chi connectivity index (χ1) is 14.1. The quantitative estimate of drug-likeness (QED) is 0.773. The molecule has 2 aliphatic rings. The minimum absolute atomic E-state index is 0.345. The van der Waals surface area contributed by atoms with Crippen molar-refractivity contribution in [1.82, 2.24) is 19.9 Å². The van der Waals surface area contributed by atoms with Gasteiger partial charge in [0.05, 0.1) is 12.2 Å². The number of nitrogens with zero attached hydrogens (tertiary/aromatic N) is 5. The van der Waals surface area contributed by atoms with Crippen molar-refractivity contribution >= 4 is 5.82 Å². The summed E-state index contributed by atoms with van der Waals surface area (Å²) in [6.07, 6.45) is 5.82. The molecule has 2 aromatic heterocycles. The molecule has 4 rings (SSSR count). The van der Waals surface area contributed by atoms with Crippen LogP contribution < -0.4 is 4.90 Å². The molecule has 0 spiro atoms. The van der Waals surface area contributed by atoms with Gasteiger partial charge in [-0.15, -0.1) is 0 Å². The lowest BCUT2D eigenvalue weighted by Crippen LogP contribution is -2.48. The Morgan fingerprint density at radius 2 is 1.83 bits per heavy atom. The van der Waals surface area contributed by atoms with Crippen LogP contribution in [0.15, 0.2) is 30.5 Å². The molecule has 6 nitrogen and oxygen atoms in total. The van der Waals surface area contributed by atoms with Crippen LogP contribution in [-0.4, -0.2) is 64.8 Å². The fourth-order valence-electron chi connectivity index (χ4n) is 4.58. The SMILES string of the molecule is CCc1cc(N2CCC(CN3CC(C)OC(C)C3)CC2)nc(-c2ccccn2)n1. The highest BCUT2D eigenvalue weighted by Crippen LogP contribution is 2.26. The summed E-state index contributed by atoms with van der Waals surface area (Å²) in [4.78, 5) is 19.0. The van der Waals surface area contributed by atoms with E-state index in [4.69, 9.17) is 14.7 Å². The Labute approximate surface area is 174 Å². The lowest BCUT2D eigenvalue weighted by atomic mass is 9.95. The van der Waals surface area contributed by atoms with Crippen molar-refractivity contribution in [1.29, 1.82) is 0 Å². The minimum atomic E-state index is 0.345. The molecule has 2 aromatic rings. The third-order valence-corrected chi connectivity index (χ3v) is 5.97. The number of hydrogen-bond acceptors (Lipinski definition) is 6. The summed E-state index contributed by atoms with van der Waals surface area (Å²) in [5, 5.41) is 0. The van der Waals surface area contributed by atoms with Gasteiger partial charge in [0.2, 0.25) is 0 Å². The fraction of sp³-hybridized carbons (Fsp3) is 0.609. The number of ether oxygens (including phenoxy) is 1. The van der Waals surface area contributed by atoms with E-state index in [0.717, 1.165) is 61.5 Å². The number of anilines is 1. The first-order valence-electron chi connectivity index (χ1n) is 11.0. The van der Waals surface area contributed by atoms with E-state index < -0.39 is 0 Å². The van der Waals surface area contributed by atoms with Crippen molar-refractivity contribution < 1.29 is 4.74 Å². The standard InChI is InChI=1S/C23H33N5O/c1-4-20-13-22(26-23(25-20)21-7-5-6-10-24-21)28-11-8-19(9-12-28)16-27-14-17(2)29-18(3)15-27/h5-7,10,13,17-19H,4,8-9,11-12,14-16H2,1-3H3. The Kier molecular flexibility index (Phi) is 6.40. The Bertz CT molecular complexity index is 781. The van der Waals surface area contributed by atoms with Gasteiger partial charge in [0, 0.05) is 50.7 Å². The first kappa shape index (κ1) is 20.2. The highest BCUT2D eigenvalue weighted by Gasteiger charge is 2.27. The highest BCUT2D eigenvalue weighted by molar-refractivity contribution is 5.53. The summed E-state index contributed by atoms with van der Waals surface area (Å²) >= 11 is 0. The monoisotopic (exact) mass is 395 g/mol. The minimum Gasteiger partial charge on any atom is -0.373 e. The van der Waals surface area contributed by atoms with Crippen LogP contribution >= 0.6 is 0 Å². The van der Waals surface area contributed by atoms with Crippen LogP contribution in [0.25, 0.3) is 11.5 Å².